The van der Waals surface area contributed by atoms with Crippen LogP contribution in [0, 0.1) is 5.92 Å². The number of fused-ring (bicyclic) bond motifs is 1. The number of aromatic amines is 1. The molecule has 1 aliphatic rings. The summed E-state index contributed by atoms with van der Waals surface area (Å²) in [4.78, 5) is 14.9. The molecule has 1 atom stereocenters. The van der Waals surface area contributed by atoms with Crippen LogP contribution in [-0.2, 0) is 6.42 Å². The average Bonchev–Trinajstić information content (AvgIpc) is 3.01. The lowest BCUT2D eigenvalue weighted by molar-refractivity contribution is 0.381. The zero-order chi connectivity index (χ0) is 16.9. The summed E-state index contributed by atoms with van der Waals surface area (Å²) in [5.74, 6) is 3.91. The number of rotatable bonds is 4. The molecule has 3 rings (SSSR count). The second kappa shape index (κ2) is 7.92. The van der Waals surface area contributed by atoms with Crippen LogP contribution in [0.3, 0.4) is 0 Å². The Morgan fingerprint density at radius 2 is 2.29 bits per heavy atom. The molecule has 24 heavy (non-hydrogen) atoms. The molecule has 1 aromatic heterocycles. The summed E-state index contributed by atoms with van der Waals surface area (Å²) in [6.07, 6.45) is 0.865. The van der Waals surface area contributed by atoms with E-state index >= 15 is 0 Å². The van der Waals surface area contributed by atoms with Gasteiger partial charge in [-0.15, -0.1) is 0 Å². The van der Waals surface area contributed by atoms with Crippen LogP contribution in [-0.4, -0.2) is 58.5 Å². The Labute approximate surface area is 148 Å². The van der Waals surface area contributed by atoms with Crippen molar-refractivity contribution in [3.63, 3.8) is 0 Å². The molecule has 2 N–H and O–H groups in total. The Hall–Kier alpha value is -1.69. The second-order valence-corrected chi connectivity index (χ2v) is 7.87. The standard InChI is InChI=1S/C18H27N5S/c1-13(2)16-12-23(10-11-24-16)18(19-3)20-9-8-17-21-14-6-4-5-7-15(14)22-17/h4-7,13,16H,8-12H2,1-3H3,(H,19,20)(H,21,22). The Morgan fingerprint density at radius 3 is 3.04 bits per heavy atom. The van der Waals surface area contributed by atoms with E-state index in [0.717, 1.165) is 48.9 Å². The maximum Gasteiger partial charge on any atom is 0.193 e. The summed E-state index contributed by atoms with van der Waals surface area (Å²) in [5, 5.41) is 4.19. The predicted octanol–water partition coefficient (Wildman–Crippen LogP) is 2.75. The van der Waals surface area contributed by atoms with Crippen molar-refractivity contribution in [1.82, 2.24) is 20.2 Å². The third-order valence-corrected chi connectivity index (χ3v) is 5.97. The molecule has 1 saturated heterocycles. The summed E-state index contributed by atoms with van der Waals surface area (Å²) in [6, 6.07) is 8.16. The molecular weight excluding hydrogens is 318 g/mol. The monoisotopic (exact) mass is 345 g/mol. The fourth-order valence-corrected chi connectivity index (χ4v) is 4.32. The number of benzene rings is 1. The van der Waals surface area contributed by atoms with Crippen LogP contribution in [0.5, 0.6) is 0 Å². The fourth-order valence-electron chi connectivity index (χ4n) is 3.02. The van der Waals surface area contributed by atoms with E-state index in [-0.39, 0.29) is 0 Å². The Bertz CT molecular complexity index is 661. The predicted molar refractivity (Wildman–Crippen MR) is 104 cm³/mol. The number of nitrogens with zero attached hydrogens (tertiary/aromatic N) is 3. The summed E-state index contributed by atoms with van der Waals surface area (Å²) in [7, 11) is 1.87. The first-order valence-corrected chi connectivity index (χ1v) is 9.73. The highest BCUT2D eigenvalue weighted by Gasteiger charge is 2.24. The van der Waals surface area contributed by atoms with Crippen LogP contribution in [0.15, 0.2) is 29.3 Å². The molecule has 1 unspecified atom stereocenters. The van der Waals surface area contributed by atoms with Crippen molar-refractivity contribution in [2.24, 2.45) is 10.9 Å². The molecule has 0 bridgehead atoms. The number of thioether (sulfide) groups is 1. The second-order valence-electron chi connectivity index (χ2n) is 6.52. The molecule has 6 heteroatoms. The van der Waals surface area contributed by atoms with Crippen LogP contribution in [0.4, 0.5) is 0 Å². The zero-order valence-electron chi connectivity index (χ0n) is 14.7. The van der Waals surface area contributed by atoms with Crippen LogP contribution >= 0.6 is 11.8 Å². The molecule has 0 amide bonds. The van der Waals surface area contributed by atoms with E-state index in [1.54, 1.807) is 0 Å². The highest BCUT2D eigenvalue weighted by atomic mass is 32.2. The van der Waals surface area contributed by atoms with E-state index in [0.29, 0.717) is 11.2 Å². The van der Waals surface area contributed by atoms with Crippen LogP contribution in [0.1, 0.15) is 19.7 Å². The molecule has 1 aliphatic heterocycles. The summed E-state index contributed by atoms with van der Waals surface area (Å²) >= 11 is 2.09. The average molecular weight is 346 g/mol. The van der Waals surface area contributed by atoms with Crippen LogP contribution in [0.2, 0.25) is 0 Å². The van der Waals surface area contributed by atoms with E-state index in [1.165, 1.54) is 5.75 Å². The number of guanidine groups is 1. The molecule has 5 nitrogen and oxygen atoms in total. The molecule has 0 radical (unpaired) electrons. The zero-order valence-corrected chi connectivity index (χ0v) is 15.6. The number of H-pyrrole nitrogens is 1. The van der Waals surface area contributed by atoms with Gasteiger partial charge in [0.2, 0.25) is 0 Å². The van der Waals surface area contributed by atoms with E-state index < -0.39 is 0 Å². The van der Waals surface area contributed by atoms with Gasteiger partial charge in [-0.25, -0.2) is 4.98 Å². The molecule has 0 spiro atoms. The van der Waals surface area contributed by atoms with Gasteiger partial charge in [0, 0.05) is 44.1 Å². The first kappa shape index (κ1) is 17.1. The highest BCUT2D eigenvalue weighted by molar-refractivity contribution is 8.00. The SMILES string of the molecule is CN=C(NCCc1nc2ccccc2[nH]1)N1CCSC(C(C)C)C1. The summed E-state index contributed by atoms with van der Waals surface area (Å²) < 4.78 is 0. The van der Waals surface area contributed by atoms with E-state index in [9.17, 15) is 0 Å². The Kier molecular flexibility index (Phi) is 5.66. The topological polar surface area (TPSA) is 56.3 Å². The fraction of sp³-hybridized carbons (Fsp3) is 0.556. The van der Waals surface area contributed by atoms with Crippen molar-refractivity contribution in [2.45, 2.75) is 25.5 Å². The highest BCUT2D eigenvalue weighted by Crippen LogP contribution is 2.24. The normalized spacial score (nSPS) is 19.2. The maximum absolute atomic E-state index is 4.63. The number of para-hydroxylation sites is 2. The van der Waals surface area contributed by atoms with E-state index in [2.05, 4.69) is 56.9 Å². The largest absolute Gasteiger partial charge is 0.356 e. The van der Waals surface area contributed by atoms with Gasteiger partial charge in [0.15, 0.2) is 5.96 Å². The van der Waals surface area contributed by atoms with Gasteiger partial charge in [-0.1, -0.05) is 26.0 Å². The number of hydrogen-bond donors (Lipinski definition) is 2. The lowest BCUT2D eigenvalue weighted by Crippen LogP contribution is -2.49. The first-order valence-electron chi connectivity index (χ1n) is 8.68. The van der Waals surface area contributed by atoms with Crippen molar-refractivity contribution in [3.8, 4) is 0 Å². The van der Waals surface area contributed by atoms with Gasteiger partial charge in [-0.3, -0.25) is 4.99 Å². The van der Waals surface area contributed by atoms with Crippen molar-refractivity contribution >= 4 is 28.8 Å². The number of aliphatic imine (C=N–C) groups is 1. The minimum Gasteiger partial charge on any atom is -0.356 e. The van der Waals surface area contributed by atoms with E-state index in [1.807, 2.05) is 25.2 Å². The summed E-state index contributed by atoms with van der Waals surface area (Å²) in [6.45, 7) is 7.59. The molecule has 0 saturated carbocycles. The first-order chi connectivity index (χ1) is 11.7. The lowest BCUT2D eigenvalue weighted by atomic mass is 10.1. The third kappa shape index (κ3) is 4.04. The number of aromatic nitrogens is 2. The Balaban J connectivity index is 1.54. The van der Waals surface area contributed by atoms with Gasteiger partial charge in [0.25, 0.3) is 0 Å². The van der Waals surface area contributed by atoms with Gasteiger partial charge in [-0.2, -0.15) is 11.8 Å². The molecule has 1 fully saturated rings. The van der Waals surface area contributed by atoms with Gasteiger partial charge in [-0.05, 0) is 18.1 Å². The number of imidazole rings is 1. The van der Waals surface area contributed by atoms with Crippen molar-refractivity contribution in [1.29, 1.82) is 0 Å². The molecule has 2 heterocycles. The minimum absolute atomic E-state index is 0.688. The van der Waals surface area contributed by atoms with Gasteiger partial charge < -0.3 is 15.2 Å². The van der Waals surface area contributed by atoms with Crippen molar-refractivity contribution < 1.29 is 0 Å². The molecule has 2 aromatic rings. The van der Waals surface area contributed by atoms with Crippen LogP contribution < -0.4 is 5.32 Å². The molecule has 0 aliphatic carbocycles. The van der Waals surface area contributed by atoms with Gasteiger partial charge in [0.1, 0.15) is 5.82 Å². The number of hydrogen-bond acceptors (Lipinski definition) is 3. The van der Waals surface area contributed by atoms with Crippen molar-refractivity contribution in [3.05, 3.63) is 30.1 Å². The maximum atomic E-state index is 4.63. The quantitative estimate of drug-likeness (QED) is 0.661. The van der Waals surface area contributed by atoms with E-state index in [4.69, 9.17) is 0 Å². The molecular formula is C18H27N5S. The Morgan fingerprint density at radius 1 is 1.46 bits per heavy atom. The smallest absolute Gasteiger partial charge is 0.193 e. The minimum atomic E-state index is 0.688. The van der Waals surface area contributed by atoms with Gasteiger partial charge in [0.05, 0.1) is 11.0 Å². The summed E-state index contributed by atoms with van der Waals surface area (Å²) in [5.41, 5.74) is 2.13. The molecule has 1 aromatic carbocycles. The third-order valence-electron chi connectivity index (χ3n) is 4.43. The van der Waals surface area contributed by atoms with Gasteiger partial charge >= 0.3 is 0 Å². The molecule has 130 valence electrons. The lowest BCUT2D eigenvalue weighted by Gasteiger charge is -2.36. The number of nitrogens with one attached hydrogen (secondary N) is 2. The van der Waals surface area contributed by atoms with Crippen molar-refractivity contribution in [2.75, 3.05) is 32.4 Å². The van der Waals surface area contributed by atoms with Crippen LogP contribution in [0.25, 0.3) is 11.0 Å².